The predicted octanol–water partition coefficient (Wildman–Crippen LogP) is 4.29. The van der Waals surface area contributed by atoms with E-state index in [0.29, 0.717) is 23.5 Å². The van der Waals surface area contributed by atoms with Gasteiger partial charge in [0.25, 0.3) is 0 Å². The number of ether oxygens (including phenoxy) is 2. The second-order valence-corrected chi connectivity index (χ2v) is 8.40. The average Bonchev–Trinajstić information content (AvgIpc) is 3.39. The fraction of sp³-hybridized carbons (Fsp3) is 0.231. The van der Waals surface area contributed by atoms with Crippen molar-refractivity contribution in [1.29, 1.82) is 0 Å². The third-order valence-electron chi connectivity index (χ3n) is 4.77. The van der Waals surface area contributed by atoms with Crippen LogP contribution in [0.3, 0.4) is 0 Å². The topological polar surface area (TPSA) is 81.7 Å². The molecular formula is C26H26NO5S. The minimum Gasteiger partial charge on any atom is -0.463 e. The quantitative estimate of drug-likeness (QED) is 0.373. The largest absolute Gasteiger partial charge is 0.463 e. The van der Waals surface area contributed by atoms with E-state index in [9.17, 15) is 14.4 Å². The van der Waals surface area contributed by atoms with Gasteiger partial charge in [0.2, 0.25) is 0 Å². The second kappa shape index (κ2) is 13.7. The lowest BCUT2D eigenvalue weighted by Crippen LogP contribution is -2.35. The number of hydrogen-bond acceptors (Lipinski definition) is 6. The molecule has 6 nitrogen and oxygen atoms in total. The summed E-state index contributed by atoms with van der Waals surface area (Å²) < 4.78 is 10.6. The van der Waals surface area contributed by atoms with Gasteiger partial charge in [0.05, 0.1) is 0 Å². The van der Waals surface area contributed by atoms with Crippen LogP contribution in [0, 0.1) is 31.6 Å². The van der Waals surface area contributed by atoms with Gasteiger partial charge in [-0.2, -0.15) is 11.8 Å². The van der Waals surface area contributed by atoms with Crippen molar-refractivity contribution in [3.05, 3.63) is 103 Å². The van der Waals surface area contributed by atoms with E-state index in [2.05, 4.69) is 5.32 Å². The van der Waals surface area contributed by atoms with E-state index in [0.717, 1.165) is 11.5 Å². The average molecular weight is 465 g/mol. The first kappa shape index (κ1) is 24.8. The van der Waals surface area contributed by atoms with Crippen molar-refractivity contribution in [3.63, 3.8) is 0 Å². The molecule has 2 aromatic rings. The minimum atomic E-state index is -0.974. The van der Waals surface area contributed by atoms with E-state index >= 15 is 0 Å². The van der Waals surface area contributed by atoms with Crippen LogP contribution in [-0.2, 0) is 25.7 Å². The molecular weight excluding hydrogens is 438 g/mol. The number of thioether (sulfide) groups is 1. The Morgan fingerprint density at radius 3 is 2.21 bits per heavy atom. The summed E-state index contributed by atoms with van der Waals surface area (Å²) in [6.45, 7) is 0.279. The van der Waals surface area contributed by atoms with E-state index in [1.807, 2.05) is 49.2 Å². The summed E-state index contributed by atoms with van der Waals surface area (Å²) in [5, 5.41) is 2.60. The van der Waals surface area contributed by atoms with Crippen molar-refractivity contribution in [2.45, 2.75) is 19.1 Å². The summed E-state index contributed by atoms with van der Waals surface area (Å²) in [6.07, 6.45) is 7.02. The third-order valence-corrected chi connectivity index (χ3v) is 5.72. The lowest BCUT2D eigenvalue weighted by molar-refractivity contribution is -0.145. The van der Waals surface area contributed by atoms with Crippen molar-refractivity contribution in [1.82, 2.24) is 5.32 Å². The molecule has 0 saturated heterocycles. The fourth-order valence-electron chi connectivity index (χ4n) is 3.06. The number of benzene rings is 2. The van der Waals surface area contributed by atoms with Crippen LogP contribution < -0.4 is 5.32 Å². The minimum absolute atomic E-state index is 0.101. The zero-order valence-corrected chi connectivity index (χ0v) is 19.0. The maximum atomic E-state index is 12.7. The highest BCUT2D eigenvalue weighted by Gasteiger charge is 2.25. The van der Waals surface area contributed by atoms with Crippen molar-refractivity contribution >= 4 is 29.6 Å². The monoisotopic (exact) mass is 464 g/mol. The van der Waals surface area contributed by atoms with Crippen LogP contribution in [0.2, 0.25) is 0 Å². The molecule has 33 heavy (non-hydrogen) atoms. The van der Waals surface area contributed by atoms with Crippen LogP contribution in [0.5, 0.6) is 0 Å². The van der Waals surface area contributed by atoms with E-state index < -0.39 is 18.1 Å². The first-order chi connectivity index (χ1) is 16.1. The maximum Gasteiger partial charge on any atom is 0.408 e. The zero-order valence-electron chi connectivity index (χ0n) is 18.1. The number of ketones is 1. The molecule has 171 valence electrons. The van der Waals surface area contributed by atoms with Crippen molar-refractivity contribution in [2.24, 2.45) is 0 Å². The molecule has 1 saturated carbocycles. The second-order valence-electron chi connectivity index (χ2n) is 7.18. The Bertz CT molecular complexity index is 884. The summed E-state index contributed by atoms with van der Waals surface area (Å²) >= 11 is 1.54. The first-order valence-electron chi connectivity index (χ1n) is 10.6. The summed E-state index contributed by atoms with van der Waals surface area (Å²) in [6, 6.07) is 17.2. The number of hydrogen-bond donors (Lipinski definition) is 1. The van der Waals surface area contributed by atoms with E-state index in [1.165, 1.54) is 11.8 Å². The smallest absolute Gasteiger partial charge is 0.408 e. The standard InChI is InChI=1S/C26H26NO5S/c28-23(21-11-7-8-12-21)15-17-33-18-16-31-25(29)24(22-13-5-2-6-14-22)27-26(30)32-19-20-9-3-1-4-10-20/h1-14,24H,15-19H2,(H,27,30)/t24-/m0/s1. The summed E-state index contributed by atoms with van der Waals surface area (Å²) in [7, 11) is 0. The van der Waals surface area contributed by atoms with Gasteiger partial charge in [-0.15, -0.1) is 0 Å². The number of amides is 1. The van der Waals surface area contributed by atoms with Crippen LogP contribution >= 0.6 is 11.8 Å². The molecule has 1 aliphatic carbocycles. The zero-order chi connectivity index (χ0) is 23.3. The normalized spacial score (nSPS) is 14.4. The molecule has 0 unspecified atom stereocenters. The number of rotatable bonds is 12. The van der Waals surface area contributed by atoms with Crippen LogP contribution in [0.1, 0.15) is 23.6 Å². The summed E-state index contributed by atoms with van der Waals surface area (Å²) in [4.78, 5) is 37.0. The van der Waals surface area contributed by atoms with Crippen LogP contribution in [0.25, 0.3) is 0 Å². The van der Waals surface area contributed by atoms with Gasteiger partial charge in [0.15, 0.2) is 6.04 Å². The summed E-state index contributed by atoms with van der Waals surface area (Å²) in [5.41, 5.74) is 1.45. The first-order valence-corrected chi connectivity index (χ1v) is 11.8. The highest BCUT2D eigenvalue weighted by molar-refractivity contribution is 7.99. The lowest BCUT2D eigenvalue weighted by atomic mass is 10.0. The predicted molar refractivity (Wildman–Crippen MR) is 127 cm³/mol. The van der Waals surface area contributed by atoms with Gasteiger partial charge >= 0.3 is 12.1 Å². The van der Waals surface area contributed by atoms with Crippen molar-refractivity contribution < 1.29 is 23.9 Å². The molecule has 0 spiro atoms. The SMILES string of the molecule is O=C(N[C@H](C(=O)OCCSCCC(=O)[C]1[CH][CH][CH][CH]1)c1ccccc1)OCc1ccccc1. The van der Waals surface area contributed by atoms with Gasteiger partial charge in [-0.1, -0.05) is 60.7 Å². The van der Waals surface area contributed by atoms with Crippen LogP contribution in [0.15, 0.2) is 60.7 Å². The van der Waals surface area contributed by atoms with Gasteiger partial charge in [-0.05, 0) is 36.8 Å². The van der Waals surface area contributed by atoms with Gasteiger partial charge in [-0.3, -0.25) is 4.79 Å². The Morgan fingerprint density at radius 1 is 0.848 bits per heavy atom. The molecule has 3 rings (SSSR count). The number of carbonyl (C=O) groups is 3. The van der Waals surface area contributed by atoms with E-state index in [4.69, 9.17) is 9.47 Å². The van der Waals surface area contributed by atoms with Crippen LogP contribution in [-0.4, -0.2) is 36.0 Å². The molecule has 0 aliphatic heterocycles. The Balaban J connectivity index is 1.42. The lowest BCUT2D eigenvalue weighted by Gasteiger charge is -2.18. The molecule has 1 N–H and O–H groups in total. The Hall–Kier alpha value is -2.80. The number of alkyl carbamates (subject to hydrolysis) is 1. The molecule has 7 heteroatoms. The molecule has 1 aliphatic rings. The fourth-order valence-corrected chi connectivity index (χ4v) is 3.80. The Morgan fingerprint density at radius 2 is 1.52 bits per heavy atom. The molecule has 5 radical (unpaired) electrons. The Labute approximate surface area is 199 Å². The highest BCUT2D eigenvalue weighted by atomic mass is 32.2. The van der Waals surface area contributed by atoms with E-state index in [-0.39, 0.29) is 19.0 Å². The molecule has 0 bridgehead atoms. The molecule has 1 fully saturated rings. The molecule has 0 heterocycles. The van der Waals surface area contributed by atoms with Gasteiger partial charge < -0.3 is 14.8 Å². The number of esters is 1. The van der Waals surface area contributed by atoms with Crippen LogP contribution in [0.4, 0.5) is 4.79 Å². The van der Waals surface area contributed by atoms with Gasteiger partial charge in [0, 0.05) is 23.8 Å². The number of Topliss-reactive ketones (excluding diaryl/α,β-unsaturated/α-hetero) is 1. The molecule has 2 aromatic carbocycles. The number of nitrogens with one attached hydrogen (secondary N) is 1. The van der Waals surface area contributed by atoms with Gasteiger partial charge in [-0.25, -0.2) is 9.59 Å². The molecule has 1 atom stereocenters. The van der Waals surface area contributed by atoms with E-state index in [1.54, 1.807) is 37.1 Å². The molecule has 1 amide bonds. The van der Waals surface area contributed by atoms with Crippen molar-refractivity contribution in [2.75, 3.05) is 18.1 Å². The summed E-state index contributed by atoms with van der Waals surface area (Å²) in [5.74, 6) is 1.46. The Kier molecular flexibility index (Phi) is 10.3. The van der Waals surface area contributed by atoms with Crippen molar-refractivity contribution in [3.8, 4) is 0 Å². The van der Waals surface area contributed by atoms with Gasteiger partial charge in [0.1, 0.15) is 19.0 Å². The third kappa shape index (κ3) is 8.57. The highest BCUT2D eigenvalue weighted by Crippen LogP contribution is 2.25. The number of carbonyl (C=O) groups excluding carboxylic acids is 3. The maximum absolute atomic E-state index is 12.7. The molecule has 0 aromatic heterocycles.